The molecule has 0 saturated heterocycles. The zero-order valence-electron chi connectivity index (χ0n) is 12.2. The summed E-state index contributed by atoms with van der Waals surface area (Å²) in [4.78, 5) is 25.1. The van der Waals surface area contributed by atoms with Crippen LogP contribution in [0.25, 0.3) is 0 Å². The maximum absolute atomic E-state index is 11.9. The average Bonchev–Trinajstić information content (AvgIpc) is 3.00. The minimum atomic E-state index is -0.309. The molecule has 116 valence electrons. The summed E-state index contributed by atoms with van der Waals surface area (Å²) in [6.07, 6.45) is 4.72. The fourth-order valence-corrected chi connectivity index (χ4v) is 2.54. The lowest BCUT2D eigenvalue weighted by atomic mass is 9.87. The van der Waals surface area contributed by atoms with Crippen LogP contribution in [0, 0.1) is 5.92 Å². The van der Waals surface area contributed by atoms with Gasteiger partial charge in [-0.3, -0.25) is 9.59 Å². The summed E-state index contributed by atoms with van der Waals surface area (Å²) in [5.74, 6) is 0.162. The molecule has 1 aliphatic rings. The minimum absolute atomic E-state index is 0.00881. The number of rotatable bonds is 5. The number of nitrogens with one attached hydrogen (secondary N) is 1. The van der Waals surface area contributed by atoms with Gasteiger partial charge in [-0.1, -0.05) is 0 Å². The van der Waals surface area contributed by atoms with Crippen molar-refractivity contribution in [3.8, 4) is 0 Å². The molecule has 1 fully saturated rings. The SMILES string of the molecule is CN(CC(=O)NCC1CCC(O)CC1)C(=O)c1ccco1. The highest BCUT2D eigenvalue weighted by Crippen LogP contribution is 2.23. The number of hydrogen-bond donors (Lipinski definition) is 2. The first-order valence-corrected chi connectivity index (χ1v) is 7.30. The van der Waals surface area contributed by atoms with E-state index in [1.54, 1.807) is 19.2 Å². The van der Waals surface area contributed by atoms with Crippen molar-refractivity contribution in [1.29, 1.82) is 0 Å². The number of amides is 2. The van der Waals surface area contributed by atoms with Crippen LogP contribution < -0.4 is 5.32 Å². The van der Waals surface area contributed by atoms with E-state index in [0.29, 0.717) is 12.5 Å². The van der Waals surface area contributed by atoms with Gasteiger partial charge in [0.2, 0.25) is 5.91 Å². The average molecular weight is 294 g/mol. The van der Waals surface area contributed by atoms with Crippen LogP contribution in [-0.4, -0.2) is 48.1 Å². The molecule has 1 heterocycles. The van der Waals surface area contributed by atoms with Crippen molar-refractivity contribution in [2.24, 2.45) is 5.92 Å². The lowest BCUT2D eigenvalue weighted by molar-refractivity contribution is -0.121. The van der Waals surface area contributed by atoms with E-state index in [9.17, 15) is 14.7 Å². The van der Waals surface area contributed by atoms with Crippen molar-refractivity contribution in [2.75, 3.05) is 20.1 Å². The molecule has 2 amide bonds. The first-order chi connectivity index (χ1) is 10.1. The van der Waals surface area contributed by atoms with E-state index in [1.807, 2.05) is 0 Å². The molecule has 1 aromatic heterocycles. The van der Waals surface area contributed by atoms with Gasteiger partial charge >= 0.3 is 0 Å². The van der Waals surface area contributed by atoms with Gasteiger partial charge in [0.05, 0.1) is 18.9 Å². The second-order valence-electron chi connectivity index (χ2n) is 5.62. The van der Waals surface area contributed by atoms with Crippen LogP contribution in [0.3, 0.4) is 0 Å². The van der Waals surface area contributed by atoms with E-state index < -0.39 is 0 Å². The Labute approximate surface area is 124 Å². The van der Waals surface area contributed by atoms with Crippen LogP contribution in [0.15, 0.2) is 22.8 Å². The predicted octanol–water partition coefficient (Wildman–Crippen LogP) is 1.02. The number of aliphatic hydroxyl groups excluding tert-OH is 1. The summed E-state index contributed by atoms with van der Waals surface area (Å²) in [5, 5.41) is 12.3. The van der Waals surface area contributed by atoms with Crippen LogP contribution in [0.1, 0.15) is 36.2 Å². The third-order valence-electron chi connectivity index (χ3n) is 3.86. The first-order valence-electron chi connectivity index (χ1n) is 7.30. The number of nitrogens with zero attached hydrogens (tertiary/aromatic N) is 1. The maximum atomic E-state index is 11.9. The summed E-state index contributed by atoms with van der Waals surface area (Å²) >= 11 is 0. The summed E-state index contributed by atoms with van der Waals surface area (Å²) in [6, 6.07) is 3.21. The highest BCUT2D eigenvalue weighted by molar-refractivity contribution is 5.94. The quantitative estimate of drug-likeness (QED) is 0.849. The molecule has 2 N–H and O–H groups in total. The molecule has 0 atom stereocenters. The number of furan rings is 1. The molecular formula is C15H22N2O4. The molecule has 1 aliphatic carbocycles. The molecule has 0 aromatic carbocycles. The third-order valence-corrected chi connectivity index (χ3v) is 3.86. The molecule has 0 bridgehead atoms. The van der Waals surface area contributed by atoms with Gasteiger partial charge < -0.3 is 19.7 Å². The van der Waals surface area contributed by atoms with Crippen LogP contribution in [0.4, 0.5) is 0 Å². The monoisotopic (exact) mass is 294 g/mol. The Kier molecular flexibility index (Phi) is 5.38. The minimum Gasteiger partial charge on any atom is -0.459 e. The molecule has 0 unspecified atom stereocenters. The highest BCUT2D eigenvalue weighted by Gasteiger charge is 2.21. The number of likely N-dealkylation sites (N-methyl/N-ethyl adjacent to an activating group) is 1. The van der Waals surface area contributed by atoms with Gasteiger partial charge in [-0.15, -0.1) is 0 Å². The molecule has 21 heavy (non-hydrogen) atoms. The van der Waals surface area contributed by atoms with Crippen molar-refractivity contribution in [3.05, 3.63) is 24.2 Å². The zero-order chi connectivity index (χ0) is 15.2. The molecule has 1 saturated carbocycles. The zero-order valence-corrected chi connectivity index (χ0v) is 12.2. The molecule has 6 heteroatoms. The number of hydrogen-bond acceptors (Lipinski definition) is 4. The van der Waals surface area contributed by atoms with Crippen LogP contribution in [0.2, 0.25) is 0 Å². The molecule has 0 aliphatic heterocycles. The fourth-order valence-electron chi connectivity index (χ4n) is 2.54. The Hall–Kier alpha value is -1.82. The Morgan fingerprint density at radius 3 is 2.71 bits per heavy atom. The van der Waals surface area contributed by atoms with Crippen molar-refractivity contribution in [1.82, 2.24) is 10.2 Å². The summed E-state index contributed by atoms with van der Waals surface area (Å²) in [5.41, 5.74) is 0. The molecule has 1 aromatic rings. The number of aliphatic hydroxyl groups is 1. The topological polar surface area (TPSA) is 82.8 Å². The van der Waals surface area contributed by atoms with Gasteiger partial charge in [-0.2, -0.15) is 0 Å². The van der Waals surface area contributed by atoms with Gasteiger partial charge in [0.15, 0.2) is 5.76 Å². The molecule has 6 nitrogen and oxygen atoms in total. The van der Waals surface area contributed by atoms with Crippen molar-refractivity contribution < 1.29 is 19.1 Å². The third kappa shape index (κ3) is 4.60. The van der Waals surface area contributed by atoms with E-state index in [-0.39, 0.29) is 30.2 Å². The summed E-state index contributed by atoms with van der Waals surface area (Å²) < 4.78 is 5.02. The van der Waals surface area contributed by atoms with Crippen molar-refractivity contribution in [2.45, 2.75) is 31.8 Å². The second-order valence-corrected chi connectivity index (χ2v) is 5.62. The van der Waals surface area contributed by atoms with Crippen LogP contribution in [-0.2, 0) is 4.79 Å². The second kappa shape index (κ2) is 7.26. The summed E-state index contributed by atoms with van der Waals surface area (Å²) in [6.45, 7) is 0.614. The Balaban J connectivity index is 1.70. The van der Waals surface area contributed by atoms with E-state index in [1.165, 1.54) is 11.2 Å². The maximum Gasteiger partial charge on any atom is 0.289 e. The number of carbonyl (C=O) groups excluding carboxylic acids is 2. The predicted molar refractivity (Wildman–Crippen MR) is 76.6 cm³/mol. The van der Waals surface area contributed by atoms with E-state index >= 15 is 0 Å². The fraction of sp³-hybridized carbons (Fsp3) is 0.600. The lowest BCUT2D eigenvalue weighted by Gasteiger charge is -2.25. The largest absolute Gasteiger partial charge is 0.459 e. The smallest absolute Gasteiger partial charge is 0.289 e. The Morgan fingerprint density at radius 2 is 2.10 bits per heavy atom. The Morgan fingerprint density at radius 1 is 1.38 bits per heavy atom. The Bertz CT molecular complexity index is 464. The first kappa shape index (κ1) is 15.6. The van der Waals surface area contributed by atoms with Crippen molar-refractivity contribution in [3.63, 3.8) is 0 Å². The van der Waals surface area contributed by atoms with E-state index in [0.717, 1.165) is 25.7 Å². The van der Waals surface area contributed by atoms with E-state index in [2.05, 4.69) is 5.32 Å². The van der Waals surface area contributed by atoms with Gasteiger partial charge in [0.25, 0.3) is 5.91 Å². The van der Waals surface area contributed by atoms with Crippen LogP contribution in [0.5, 0.6) is 0 Å². The van der Waals surface area contributed by atoms with Gasteiger partial charge in [0, 0.05) is 13.6 Å². The van der Waals surface area contributed by atoms with Gasteiger partial charge in [-0.05, 0) is 43.7 Å². The highest BCUT2D eigenvalue weighted by atomic mass is 16.3. The van der Waals surface area contributed by atoms with Crippen LogP contribution >= 0.6 is 0 Å². The standard InChI is InChI=1S/C15H22N2O4/c1-17(15(20)13-3-2-8-21-13)10-14(19)16-9-11-4-6-12(18)7-5-11/h2-3,8,11-12,18H,4-7,9-10H2,1H3,(H,16,19). The van der Waals surface area contributed by atoms with Gasteiger partial charge in [0.1, 0.15) is 0 Å². The molecule has 0 spiro atoms. The molecular weight excluding hydrogens is 272 g/mol. The molecule has 2 rings (SSSR count). The normalized spacial score (nSPS) is 21.8. The van der Waals surface area contributed by atoms with Gasteiger partial charge in [-0.25, -0.2) is 0 Å². The van der Waals surface area contributed by atoms with E-state index in [4.69, 9.17) is 4.42 Å². The molecule has 0 radical (unpaired) electrons. The summed E-state index contributed by atoms with van der Waals surface area (Å²) in [7, 11) is 1.57. The lowest BCUT2D eigenvalue weighted by Crippen LogP contribution is -2.40. The number of carbonyl (C=O) groups is 2. The van der Waals surface area contributed by atoms with Crippen molar-refractivity contribution >= 4 is 11.8 Å².